The third kappa shape index (κ3) is 4.57. The van der Waals surface area contributed by atoms with Crippen LogP contribution in [0.3, 0.4) is 0 Å². The van der Waals surface area contributed by atoms with Crippen LogP contribution in [-0.2, 0) is 6.42 Å². The SMILES string of the molecule is Cc1ccccc1CC(CCl)CCC(C)C. The van der Waals surface area contributed by atoms with Crippen molar-refractivity contribution in [1.82, 2.24) is 0 Å². The Bertz CT molecular complexity index is 304. The van der Waals surface area contributed by atoms with Crippen molar-refractivity contribution < 1.29 is 0 Å². The van der Waals surface area contributed by atoms with Gasteiger partial charge in [0.1, 0.15) is 0 Å². The number of halogens is 1. The zero-order chi connectivity index (χ0) is 12.0. The molecule has 0 saturated heterocycles. The summed E-state index contributed by atoms with van der Waals surface area (Å²) in [7, 11) is 0. The van der Waals surface area contributed by atoms with E-state index in [2.05, 4.69) is 45.0 Å². The van der Waals surface area contributed by atoms with E-state index in [4.69, 9.17) is 11.6 Å². The number of benzene rings is 1. The van der Waals surface area contributed by atoms with Gasteiger partial charge in [0.05, 0.1) is 0 Å². The average Bonchev–Trinajstić information content (AvgIpc) is 2.26. The third-order valence-electron chi connectivity index (χ3n) is 3.14. The highest BCUT2D eigenvalue weighted by molar-refractivity contribution is 6.18. The van der Waals surface area contributed by atoms with Gasteiger partial charge < -0.3 is 0 Å². The minimum Gasteiger partial charge on any atom is -0.126 e. The molecule has 0 aromatic heterocycles. The molecule has 0 N–H and O–H groups in total. The van der Waals surface area contributed by atoms with E-state index in [0.29, 0.717) is 5.92 Å². The summed E-state index contributed by atoms with van der Waals surface area (Å²) in [6.45, 7) is 6.74. The molecule has 0 fully saturated rings. The topological polar surface area (TPSA) is 0 Å². The Balaban J connectivity index is 2.53. The van der Waals surface area contributed by atoms with Crippen LogP contribution in [0.15, 0.2) is 24.3 Å². The molecule has 1 aromatic carbocycles. The van der Waals surface area contributed by atoms with E-state index in [9.17, 15) is 0 Å². The molecule has 1 rings (SSSR count). The van der Waals surface area contributed by atoms with Gasteiger partial charge >= 0.3 is 0 Å². The fourth-order valence-electron chi connectivity index (χ4n) is 1.95. The molecule has 90 valence electrons. The predicted octanol–water partition coefficient (Wildman–Crippen LogP) is 4.83. The lowest BCUT2D eigenvalue weighted by molar-refractivity contribution is 0.451. The summed E-state index contributed by atoms with van der Waals surface area (Å²) in [5.74, 6) is 2.19. The first-order chi connectivity index (χ1) is 7.63. The van der Waals surface area contributed by atoms with Crippen molar-refractivity contribution in [3.05, 3.63) is 35.4 Å². The Kier molecular flexibility index (Phi) is 5.90. The molecule has 1 aromatic rings. The van der Waals surface area contributed by atoms with E-state index >= 15 is 0 Å². The Morgan fingerprint density at radius 3 is 2.38 bits per heavy atom. The van der Waals surface area contributed by atoms with Gasteiger partial charge in [-0.15, -0.1) is 11.6 Å². The van der Waals surface area contributed by atoms with Gasteiger partial charge in [-0.25, -0.2) is 0 Å². The molecule has 0 bridgehead atoms. The molecule has 0 nitrogen and oxygen atoms in total. The summed E-state index contributed by atoms with van der Waals surface area (Å²) < 4.78 is 0. The molecule has 1 heteroatoms. The van der Waals surface area contributed by atoms with Crippen molar-refractivity contribution in [3.63, 3.8) is 0 Å². The smallest absolute Gasteiger partial charge is 0.0254 e. The molecular formula is C15H23Cl. The summed E-state index contributed by atoms with van der Waals surface area (Å²) in [6.07, 6.45) is 3.65. The Morgan fingerprint density at radius 1 is 1.12 bits per heavy atom. The minimum absolute atomic E-state index is 0.630. The second-order valence-corrected chi connectivity index (χ2v) is 5.43. The van der Waals surface area contributed by atoms with E-state index < -0.39 is 0 Å². The summed E-state index contributed by atoms with van der Waals surface area (Å²) >= 11 is 6.05. The monoisotopic (exact) mass is 238 g/mol. The van der Waals surface area contributed by atoms with Crippen LogP contribution in [0.4, 0.5) is 0 Å². The molecule has 1 unspecified atom stereocenters. The zero-order valence-corrected chi connectivity index (χ0v) is 11.4. The highest BCUT2D eigenvalue weighted by atomic mass is 35.5. The highest BCUT2D eigenvalue weighted by Gasteiger charge is 2.10. The summed E-state index contributed by atoms with van der Waals surface area (Å²) in [5, 5.41) is 0. The van der Waals surface area contributed by atoms with E-state index in [-0.39, 0.29) is 0 Å². The van der Waals surface area contributed by atoms with E-state index in [0.717, 1.165) is 18.2 Å². The van der Waals surface area contributed by atoms with Crippen LogP contribution in [0.1, 0.15) is 37.8 Å². The van der Waals surface area contributed by atoms with Crippen LogP contribution >= 0.6 is 11.6 Å². The number of hydrogen-bond acceptors (Lipinski definition) is 0. The molecule has 0 amide bonds. The Labute approximate surface area is 105 Å². The second-order valence-electron chi connectivity index (χ2n) is 5.12. The van der Waals surface area contributed by atoms with Crippen molar-refractivity contribution in [1.29, 1.82) is 0 Å². The molecule has 0 aliphatic rings. The van der Waals surface area contributed by atoms with Crippen LogP contribution < -0.4 is 0 Å². The van der Waals surface area contributed by atoms with Gasteiger partial charge in [-0.05, 0) is 42.7 Å². The summed E-state index contributed by atoms with van der Waals surface area (Å²) in [5.41, 5.74) is 2.85. The second kappa shape index (κ2) is 6.96. The molecule has 0 radical (unpaired) electrons. The largest absolute Gasteiger partial charge is 0.126 e. The minimum atomic E-state index is 0.630. The Morgan fingerprint density at radius 2 is 1.81 bits per heavy atom. The number of aryl methyl sites for hydroxylation is 1. The molecule has 1 atom stereocenters. The lowest BCUT2D eigenvalue weighted by Crippen LogP contribution is -2.08. The molecule has 0 heterocycles. The van der Waals surface area contributed by atoms with Gasteiger partial charge in [0.2, 0.25) is 0 Å². The van der Waals surface area contributed by atoms with Crippen molar-refractivity contribution in [3.8, 4) is 0 Å². The number of rotatable bonds is 6. The molecule has 0 saturated carbocycles. The van der Waals surface area contributed by atoms with Gasteiger partial charge in [-0.2, -0.15) is 0 Å². The zero-order valence-electron chi connectivity index (χ0n) is 10.7. The molecule has 0 aliphatic carbocycles. The molecule has 0 aliphatic heterocycles. The van der Waals surface area contributed by atoms with Gasteiger partial charge in [0.25, 0.3) is 0 Å². The normalized spacial score (nSPS) is 13.1. The van der Waals surface area contributed by atoms with E-state index in [1.807, 2.05) is 0 Å². The number of hydrogen-bond donors (Lipinski definition) is 0. The first-order valence-corrected chi connectivity index (χ1v) is 6.77. The van der Waals surface area contributed by atoms with Crippen LogP contribution in [0, 0.1) is 18.8 Å². The van der Waals surface area contributed by atoms with Crippen LogP contribution in [-0.4, -0.2) is 5.88 Å². The van der Waals surface area contributed by atoms with E-state index in [1.165, 1.54) is 24.0 Å². The van der Waals surface area contributed by atoms with Gasteiger partial charge in [0.15, 0.2) is 0 Å². The van der Waals surface area contributed by atoms with E-state index in [1.54, 1.807) is 0 Å². The van der Waals surface area contributed by atoms with Gasteiger partial charge in [0, 0.05) is 5.88 Å². The molecule has 16 heavy (non-hydrogen) atoms. The maximum Gasteiger partial charge on any atom is 0.0254 e. The number of alkyl halides is 1. The standard InChI is InChI=1S/C15H23Cl/c1-12(2)8-9-14(11-16)10-15-7-5-4-6-13(15)3/h4-7,12,14H,8-11H2,1-3H3. The lowest BCUT2D eigenvalue weighted by Gasteiger charge is -2.16. The third-order valence-corrected chi connectivity index (χ3v) is 3.58. The van der Waals surface area contributed by atoms with Crippen molar-refractivity contribution in [2.45, 2.75) is 40.0 Å². The van der Waals surface area contributed by atoms with Crippen LogP contribution in [0.2, 0.25) is 0 Å². The van der Waals surface area contributed by atoms with Gasteiger partial charge in [-0.1, -0.05) is 44.5 Å². The molecular weight excluding hydrogens is 216 g/mol. The first-order valence-electron chi connectivity index (χ1n) is 6.24. The van der Waals surface area contributed by atoms with Crippen molar-refractivity contribution >= 4 is 11.6 Å². The lowest BCUT2D eigenvalue weighted by atomic mass is 9.91. The maximum absolute atomic E-state index is 6.05. The quantitative estimate of drug-likeness (QED) is 0.623. The molecule has 0 spiro atoms. The first kappa shape index (κ1) is 13.6. The van der Waals surface area contributed by atoms with Crippen LogP contribution in [0.25, 0.3) is 0 Å². The van der Waals surface area contributed by atoms with Gasteiger partial charge in [-0.3, -0.25) is 0 Å². The summed E-state index contributed by atoms with van der Waals surface area (Å²) in [6, 6.07) is 8.63. The fourth-order valence-corrected chi connectivity index (χ4v) is 2.22. The highest BCUT2D eigenvalue weighted by Crippen LogP contribution is 2.20. The maximum atomic E-state index is 6.05. The fraction of sp³-hybridized carbons (Fsp3) is 0.600. The van der Waals surface area contributed by atoms with Crippen LogP contribution in [0.5, 0.6) is 0 Å². The Hall–Kier alpha value is -0.490. The van der Waals surface area contributed by atoms with Crippen molar-refractivity contribution in [2.75, 3.05) is 5.88 Å². The summed E-state index contributed by atoms with van der Waals surface area (Å²) in [4.78, 5) is 0. The van der Waals surface area contributed by atoms with Crippen molar-refractivity contribution in [2.24, 2.45) is 11.8 Å². The predicted molar refractivity (Wildman–Crippen MR) is 73.2 cm³/mol. The average molecular weight is 239 g/mol.